The van der Waals surface area contributed by atoms with Gasteiger partial charge in [0.05, 0.1) is 17.0 Å². The molecule has 5 heteroatoms. The summed E-state index contributed by atoms with van der Waals surface area (Å²) in [5.74, 6) is 0.171. The van der Waals surface area contributed by atoms with Gasteiger partial charge in [0, 0.05) is 34.7 Å². The number of aromatic nitrogens is 1. The minimum absolute atomic E-state index is 0.171. The number of halogens is 2. The number of aromatic amines is 1. The molecule has 0 atom stereocenters. The van der Waals surface area contributed by atoms with Crippen LogP contribution < -0.4 is 0 Å². The zero-order valence-corrected chi connectivity index (χ0v) is 16.5. The van der Waals surface area contributed by atoms with Crippen LogP contribution in [-0.4, -0.2) is 28.9 Å². The third kappa shape index (κ3) is 3.44. The Balaban J connectivity index is 1.48. The summed E-state index contributed by atoms with van der Waals surface area (Å²) in [6, 6.07) is 13.9. The Morgan fingerprint density at radius 2 is 2.00 bits per heavy atom. The van der Waals surface area contributed by atoms with E-state index in [1.165, 1.54) is 11.1 Å². The van der Waals surface area contributed by atoms with Crippen molar-refractivity contribution in [1.82, 2.24) is 9.88 Å². The molecule has 4 rings (SSSR count). The van der Waals surface area contributed by atoms with Crippen LogP contribution in [0.3, 0.4) is 0 Å². The number of hydrogen-bond donors (Lipinski definition) is 1. The van der Waals surface area contributed by atoms with Crippen molar-refractivity contribution in [2.75, 3.05) is 13.1 Å². The number of nitrogens with one attached hydrogen (secondary N) is 1. The van der Waals surface area contributed by atoms with Gasteiger partial charge in [-0.2, -0.15) is 0 Å². The number of H-pyrrole nitrogens is 1. The zero-order valence-electron chi connectivity index (χ0n) is 14.1. The van der Waals surface area contributed by atoms with Crippen molar-refractivity contribution in [1.29, 1.82) is 0 Å². The molecule has 0 fully saturated rings. The number of para-hydroxylation sites is 1. The summed E-state index contributed by atoms with van der Waals surface area (Å²) in [4.78, 5) is 17.8. The van der Waals surface area contributed by atoms with E-state index in [-0.39, 0.29) is 5.91 Å². The summed E-state index contributed by atoms with van der Waals surface area (Å²) in [5, 5.41) is 1.87. The van der Waals surface area contributed by atoms with Crippen LogP contribution in [0.5, 0.6) is 0 Å². The summed E-state index contributed by atoms with van der Waals surface area (Å²) in [6.07, 6.45) is 5.47. The molecule has 132 valence electrons. The second kappa shape index (κ2) is 7.29. The van der Waals surface area contributed by atoms with E-state index in [0.717, 1.165) is 38.9 Å². The number of carbonyl (C=O) groups excluding carboxylic acids is 1. The maximum absolute atomic E-state index is 12.6. The molecular weight excluding hydrogens is 412 g/mol. The topological polar surface area (TPSA) is 36.1 Å². The molecule has 0 saturated heterocycles. The van der Waals surface area contributed by atoms with Crippen LogP contribution >= 0.6 is 27.5 Å². The summed E-state index contributed by atoms with van der Waals surface area (Å²) in [6.45, 7) is 1.40. The molecule has 2 heterocycles. The Morgan fingerprint density at radius 3 is 2.73 bits per heavy atom. The Bertz CT molecular complexity index is 991. The van der Waals surface area contributed by atoms with Crippen LogP contribution in [0.1, 0.15) is 17.5 Å². The molecule has 0 radical (unpaired) electrons. The summed E-state index contributed by atoms with van der Waals surface area (Å²) in [7, 11) is 0. The first kappa shape index (κ1) is 17.4. The Kier molecular flexibility index (Phi) is 4.88. The first-order chi connectivity index (χ1) is 12.6. The Morgan fingerprint density at radius 1 is 1.19 bits per heavy atom. The van der Waals surface area contributed by atoms with Gasteiger partial charge in [-0.3, -0.25) is 4.79 Å². The van der Waals surface area contributed by atoms with Gasteiger partial charge in [0.15, 0.2) is 0 Å². The van der Waals surface area contributed by atoms with Crippen LogP contribution in [0.25, 0.3) is 16.5 Å². The van der Waals surface area contributed by atoms with E-state index in [2.05, 4.69) is 33.1 Å². The van der Waals surface area contributed by atoms with Crippen LogP contribution in [0, 0.1) is 0 Å². The van der Waals surface area contributed by atoms with E-state index < -0.39 is 0 Å². The molecular formula is C21H18BrClN2O. The number of amides is 1. The van der Waals surface area contributed by atoms with Crippen molar-refractivity contribution in [2.45, 2.75) is 12.8 Å². The number of hydrogen-bond acceptors (Lipinski definition) is 1. The summed E-state index contributed by atoms with van der Waals surface area (Å²) in [5.41, 5.74) is 4.46. The fourth-order valence-electron chi connectivity index (χ4n) is 3.41. The third-order valence-corrected chi connectivity index (χ3v) is 5.68. The lowest BCUT2D eigenvalue weighted by molar-refractivity contribution is -0.130. The first-order valence-electron chi connectivity index (χ1n) is 8.59. The molecule has 1 aliphatic rings. The molecule has 0 unspecified atom stereocenters. The number of carbonyl (C=O) groups is 1. The SMILES string of the molecule is O=C(Cc1ccc(Br)cc1)N1CC=C(c2c[nH]c3c(Cl)cccc23)CC1. The predicted octanol–water partition coefficient (Wildman–Crippen LogP) is 5.44. The molecule has 1 aromatic heterocycles. The molecule has 0 saturated carbocycles. The molecule has 3 aromatic rings. The van der Waals surface area contributed by atoms with Crippen molar-refractivity contribution < 1.29 is 4.79 Å². The lowest BCUT2D eigenvalue weighted by Gasteiger charge is -2.26. The molecule has 0 bridgehead atoms. The molecule has 0 aliphatic carbocycles. The van der Waals surface area contributed by atoms with Crippen LogP contribution in [0.15, 0.2) is 59.2 Å². The average molecular weight is 430 g/mol. The molecule has 1 aliphatic heterocycles. The van der Waals surface area contributed by atoms with E-state index in [1.54, 1.807) is 0 Å². The minimum atomic E-state index is 0.171. The van der Waals surface area contributed by atoms with Crippen molar-refractivity contribution in [3.63, 3.8) is 0 Å². The normalized spacial score (nSPS) is 14.5. The Labute approximate surface area is 165 Å². The highest BCUT2D eigenvalue weighted by Gasteiger charge is 2.20. The van der Waals surface area contributed by atoms with Crippen LogP contribution in [-0.2, 0) is 11.2 Å². The van der Waals surface area contributed by atoms with E-state index in [9.17, 15) is 4.79 Å². The smallest absolute Gasteiger partial charge is 0.227 e. The molecule has 1 N–H and O–H groups in total. The standard InChI is InChI=1S/C21H18BrClN2O/c22-16-6-4-14(5-7-16)12-20(26)25-10-8-15(9-11-25)18-13-24-21-17(18)2-1-3-19(21)23/h1-8,13,24H,9-12H2. The molecule has 3 nitrogen and oxygen atoms in total. The largest absolute Gasteiger partial charge is 0.359 e. The van der Waals surface area contributed by atoms with Gasteiger partial charge in [-0.25, -0.2) is 0 Å². The minimum Gasteiger partial charge on any atom is -0.359 e. The van der Waals surface area contributed by atoms with E-state index in [1.807, 2.05) is 47.5 Å². The van der Waals surface area contributed by atoms with Crippen LogP contribution in [0.4, 0.5) is 0 Å². The van der Waals surface area contributed by atoms with Crippen molar-refractivity contribution in [3.05, 3.63) is 75.4 Å². The van der Waals surface area contributed by atoms with Gasteiger partial charge in [0.25, 0.3) is 0 Å². The van der Waals surface area contributed by atoms with Crippen LogP contribution in [0.2, 0.25) is 5.02 Å². The molecule has 2 aromatic carbocycles. The zero-order chi connectivity index (χ0) is 18.1. The van der Waals surface area contributed by atoms with Gasteiger partial charge < -0.3 is 9.88 Å². The van der Waals surface area contributed by atoms with Crippen molar-refractivity contribution in [3.8, 4) is 0 Å². The van der Waals surface area contributed by atoms with Gasteiger partial charge in [-0.05, 0) is 35.8 Å². The molecule has 0 spiro atoms. The highest BCUT2D eigenvalue weighted by Crippen LogP contribution is 2.32. The highest BCUT2D eigenvalue weighted by atomic mass is 79.9. The summed E-state index contributed by atoms with van der Waals surface area (Å²) >= 11 is 9.68. The number of fused-ring (bicyclic) bond motifs is 1. The fourth-order valence-corrected chi connectivity index (χ4v) is 3.91. The molecule has 26 heavy (non-hydrogen) atoms. The van der Waals surface area contributed by atoms with Crippen molar-refractivity contribution in [2.24, 2.45) is 0 Å². The average Bonchev–Trinajstić information content (AvgIpc) is 3.09. The van der Waals surface area contributed by atoms with Gasteiger partial charge in [0.2, 0.25) is 5.91 Å². The van der Waals surface area contributed by atoms with Gasteiger partial charge >= 0.3 is 0 Å². The molecule has 1 amide bonds. The van der Waals surface area contributed by atoms with Crippen molar-refractivity contribution >= 4 is 49.9 Å². The van der Waals surface area contributed by atoms with Gasteiger partial charge in [-0.1, -0.05) is 57.9 Å². The van der Waals surface area contributed by atoms with Gasteiger partial charge in [-0.15, -0.1) is 0 Å². The third-order valence-electron chi connectivity index (χ3n) is 4.84. The lowest BCUT2D eigenvalue weighted by Crippen LogP contribution is -2.35. The predicted molar refractivity (Wildman–Crippen MR) is 110 cm³/mol. The monoisotopic (exact) mass is 428 g/mol. The quantitative estimate of drug-likeness (QED) is 0.591. The second-order valence-corrected chi connectivity index (χ2v) is 7.81. The number of rotatable bonds is 3. The highest BCUT2D eigenvalue weighted by molar-refractivity contribution is 9.10. The number of nitrogens with zero attached hydrogens (tertiary/aromatic N) is 1. The maximum atomic E-state index is 12.6. The van der Waals surface area contributed by atoms with E-state index in [0.29, 0.717) is 13.0 Å². The van der Waals surface area contributed by atoms with E-state index >= 15 is 0 Å². The fraction of sp³-hybridized carbons (Fsp3) is 0.190. The number of benzene rings is 2. The maximum Gasteiger partial charge on any atom is 0.227 e. The second-order valence-electron chi connectivity index (χ2n) is 6.49. The Hall–Kier alpha value is -2.04. The van der Waals surface area contributed by atoms with Gasteiger partial charge in [0.1, 0.15) is 0 Å². The van der Waals surface area contributed by atoms with E-state index in [4.69, 9.17) is 11.6 Å². The lowest BCUT2D eigenvalue weighted by atomic mass is 9.98. The summed E-state index contributed by atoms with van der Waals surface area (Å²) < 4.78 is 1.03. The first-order valence-corrected chi connectivity index (χ1v) is 9.76.